The lowest BCUT2D eigenvalue weighted by atomic mass is 10.0. The van der Waals surface area contributed by atoms with Crippen LogP contribution in [-0.2, 0) is 4.79 Å². The zero-order valence-corrected chi connectivity index (χ0v) is 12.1. The maximum atomic E-state index is 11.2. The molecule has 0 aliphatic rings. The standard InChI is InChI=1S/C15H31NO/c1-4-11-15(17)16-13-10-8-6-5-7-9-12-14(2)3/h14H,4-13H2,1-3H3,(H,16,17). The van der Waals surface area contributed by atoms with Gasteiger partial charge in [0.25, 0.3) is 0 Å². The van der Waals surface area contributed by atoms with E-state index in [1.165, 1.54) is 38.5 Å². The van der Waals surface area contributed by atoms with Gasteiger partial charge in [0.2, 0.25) is 5.91 Å². The number of unbranched alkanes of at least 4 members (excludes halogenated alkanes) is 5. The van der Waals surface area contributed by atoms with Crippen molar-refractivity contribution in [2.45, 2.75) is 78.6 Å². The highest BCUT2D eigenvalue weighted by molar-refractivity contribution is 5.75. The first-order chi connectivity index (χ1) is 8.16. The van der Waals surface area contributed by atoms with E-state index in [2.05, 4.69) is 19.2 Å². The van der Waals surface area contributed by atoms with Crippen LogP contribution in [0.25, 0.3) is 0 Å². The fourth-order valence-corrected chi connectivity index (χ4v) is 1.93. The van der Waals surface area contributed by atoms with E-state index in [1.54, 1.807) is 0 Å². The first-order valence-electron chi connectivity index (χ1n) is 7.43. The number of rotatable bonds is 11. The highest BCUT2D eigenvalue weighted by Gasteiger charge is 1.98. The van der Waals surface area contributed by atoms with Gasteiger partial charge in [0.05, 0.1) is 0 Å². The second-order valence-corrected chi connectivity index (χ2v) is 5.40. The number of carbonyl (C=O) groups is 1. The van der Waals surface area contributed by atoms with Crippen molar-refractivity contribution in [2.24, 2.45) is 5.92 Å². The minimum absolute atomic E-state index is 0.212. The number of amides is 1. The number of hydrogen-bond acceptors (Lipinski definition) is 1. The van der Waals surface area contributed by atoms with Crippen LogP contribution in [0.5, 0.6) is 0 Å². The number of hydrogen-bond donors (Lipinski definition) is 1. The normalized spacial score (nSPS) is 10.8. The smallest absolute Gasteiger partial charge is 0.219 e. The predicted molar refractivity (Wildman–Crippen MR) is 75.1 cm³/mol. The summed E-state index contributed by atoms with van der Waals surface area (Å²) >= 11 is 0. The molecule has 0 aliphatic heterocycles. The summed E-state index contributed by atoms with van der Waals surface area (Å²) < 4.78 is 0. The van der Waals surface area contributed by atoms with E-state index in [0.29, 0.717) is 6.42 Å². The summed E-state index contributed by atoms with van der Waals surface area (Å²) in [7, 11) is 0. The molecule has 0 radical (unpaired) electrons. The summed E-state index contributed by atoms with van der Waals surface area (Å²) in [4.78, 5) is 11.2. The van der Waals surface area contributed by atoms with E-state index in [1.807, 2.05) is 6.92 Å². The third-order valence-corrected chi connectivity index (χ3v) is 3.01. The zero-order valence-electron chi connectivity index (χ0n) is 12.1. The van der Waals surface area contributed by atoms with Crippen molar-refractivity contribution in [1.29, 1.82) is 0 Å². The lowest BCUT2D eigenvalue weighted by Crippen LogP contribution is -2.23. The Morgan fingerprint density at radius 3 is 2.18 bits per heavy atom. The van der Waals surface area contributed by atoms with Crippen molar-refractivity contribution in [1.82, 2.24) is 5.32 Å². The maximum absolute atomic E-state index is 11.2. The molecule has 0 aromatic rings. The van der Waals surface area contributed by atoms with Gasteiger partial charge in [-0.05, 0) is 18.8 Å². The maximum Gasteiger partial charge on any atom is 0.219 e. The van der Waals surface area contributed by atoms with Crippen LogP contribution in [0, 0.1) is 5.92 Å². The first kappa shape index (κ1) is 16.5. The summed E-state index contributed by atoms with van der Waals surface area (Å²) in [5, 5.41) is 2.96. The summed E-state index contributed by atoms with van der Waals surface area (Å²) in [6, 6.07) is 0. The molecule has 0 fully saturated rings. The van der Waals surface area contributed by atoms with Gasteiger partial charge in [-0.3, -0.25) is 4.79 Å². The highest BCUT2D eigenvalue weighted by atomic mass is 16.1. The lowest BCUT2D eigenvalue weighted by Gasteiger charge is -2.05. The fourth-order valence-electron chi connectivity index (χ4n) is 1.93. The Labute approximate surface area is 108 Å². The Morgan fingerprint density at radius 1 is 1.00 bits per heavy atom. The van der Waals surface area contributed by atoms with Crippen LogP contribution in [0.1, 0.15) is 78.6 Å². The van der Waals surface area contributed by atoms with E-state index in [-0.39, 0.29) is 5.91 Å². The Balaban J connectivity index is 3.06. The van der Waals surface area contributed by atoms with Crippen molar-refractivity contribution >= 4 is 5.91 Å². The van der Waals surface area contributed by atoms with Crippen LogP contribution in [0.3, 0.4) is 0 Å². The van der Waals surface area contributed by atoms with E-state index in [4.69, 9.17) is 0 Å². The fraction of sp³-hybridized carbons (Fsp3) is 0.933. The van der Waals surface area contributed by atoms with Crippen molar-refractivity contribution in [3.05, 3.63) is 0 Å². The number of nitrogens with one attached hydrogen (secondary N) is 1. The molecule has 17 heavy (non-hydrogen) atoms. The van der Waals surface area contributed by atoms with Gasteiger partial charge < -0.3 is 5.32 Å². The quantitative estimate of drug-likeness (QED) is 0.537. The first-order valence-corrected chi connectivity index (χ1v) is 7.43. The zero-order chi connectivity index (χ0) is 12.9. The minimum Gasteiger partial charge on any atom is -0.356 e. The van der Waals surface area contributed by atoms with Gasteiger partial charge in [-0.1, -0.05) is 59.3 Å². The molecule has 2 nitrogen and oxygen atoms in total. The molecule has 1 amide bonds. The summed E-state index contributed by atoms with van der Waals surface area (Å²) in [5.41, 5.74) is 0. The van der Waals surface area contributed by atoms with Crippen molar-refractivity contribution in [3.63, 3.8) is 0 Å². The minimum atomic E-state index is 0.212. The molecule has 1 N–H and O–H groups in total. The van der Waals surface area contributed by atoms with Gasteiger partial charge in [0.1, 0.15) is 0 Å². The van der Waals surface area contributed by atoms with Gasteiger partial charge in [-0.15, -0.1) is 0 Å². The van der Waals surface area contributed by atoms with Crippen molar-refractivity contribution < 1.29 is 4.79 Å². The number of carbonyl (C=O) groups excluding carboxylic acids is 1. The molecule has 0 unspecified atom stereocenters. The van der Waals surface area contributed by atoms with Gasteiger partial charge in [-0.25, -0.2) is 0 Å². The van der Waals surface area contributed by atoms with Gasteiger partial charge in [-0.2, -0.15) is 0 Å². The molecule has 0 atom stereocenters. The molecular weight excluding hydrogens is 210 g/mol. The Kier molecular flexibility index (Phi) is 11.6. The molecule has 0 heterocycles. The lowest BCUT2D eigenvalue weighted by molar-refractivity contribution is -0.121. The predicted octanol–water partition coefficient (Wildman–Crippen LogP) is 4.29. The molecule has 0 aromatic carbocycles. The summed E-state index contributed by atoms with van der Waals surface area (Å²) in [6.45, 7) is 7.49. The van der Waals surface area contributed by atoms with E-state index in [0.717, 1.165) is 25.3 Å². The third-order valence-electron chi connectivity index (χ3n) is 3.01. The molecule has 0 saturated heterocycles. The van der Waals surface area contributed by atoms with Crippen LogP contribution >= 0.6 is 0 Å². The SMILES string of the molecule is CCCC(=O)NCCCCCCCCC(C)C. The van der Waals surface area contributed by atoms with Gasteiger partial charge in [0, 0.05) is 13.0 Å². The van der Waals surface area contributed by atoms with E-state index < -0.39 is 0 Å². The molecule has 0 spiro atoms. The molecule has 2 heteroatoms. The summed E-state index contributed by atoms with van der Waals surface area (Å²) in [5.74, 6) is 1.06. The van der Waals surface area contributed by atoms with Crippen LogP contribution in [0.15, 0.2) is 0 Å². The van der Waals surface area contributed by atoms with E-state index in [9.17, 15) is 4.79 Å². The summed E-state index contributed by atoms with van der Waals surface area (Å²) in [6.07, 6.45) is 10.8. The van der Waals surface area contributed by atoms with Crippen LogP contribution < -0.4 is 5.32 Å². The topological polar surface area (TPSA) is 29.1 Å². The van der Waals surface area contributed by atoms with Crippen LogP contribution in [-0.4, -0.2) is 12.5 Å². The Hall–Kier alpha value is -0.530. The van der Waals surface area contributed by atoms with Gasteiger partial charge >= 0.3 is 0 Å². The molecule has 0 saturated carbocycles. The van der Waals surface area contributed by atoms with Crippen molar-refractivity contribution in [2.75, 3.05) is 6.54 Å². The highest BCUT2D eigenvalue weighted by Crippen LogP contribution is 2.10. The van der Waals surface area contributed by atoms with Crippen molar-refractivity contribution in [3.8, 4) is 0 Å². The molecule has 0 aliphatic carbocycles. The Bertz CT molecular complexity index is 178. The second kappa shape index (κ2) is 11.9. The molecular formula is C15H31NO. The van der Waals surface area contributed by atoms with E-state index >= 15 is 0 Å². The monoisotopic (exact) mass is 241 g/mol. The van der Waals surface area contributed by atoms with Gasteiger partial charge in [0.15, 0.2) is 0 Å². The van der Waals surface area contributed by atoms with Crippen LogP contribution in [0.2, 0.25) is 0 Å². The largest absolute Gasteiger partial charge is 0.356 e. The van der Waals surface area contributed by atoms with Crippen LogP contribution in [0.4, 0.5) is 0 Å². The Morgan fingerprint density at radius 2 is 1.59 bits per heavy atom. The second-order valence-electron chi connectivity index (χ2n) is 5.40. The average Bonchev–Trinajstić information content (AvgIpc) is 2.27. The molecule has 0 rings (SSSR count). The average molecular weight is 241 g/mol. The molecule has 0 bridgehead atoms. The third kappa shape index (κ3) is 13.4. The molecule has 102 valence electrons. The molecule has 0 aromatic heterocycles.